The van der Waals surface area contributed by atoms with Crippen LogP contribution in [0.2, 0.25) is 0 Å². The normalized spacial score (nSPS) is 22.1. The lowest BCUT2D eigenvalue weighted by molar-refractivity contribution is 0.107. The zero-order valence-corrected chi connectivity index (χ0v) is 10.7. The van der Waals surface area contributed by atoms with Crippen molar-refractivity contribution in [2.24, 2.45) is 10.7 Å². The first-order valence-corrected chi connectivity index (χ1v) is 6.10. The molecule has 1 saturated heterocycles. The lowest BCUT2D eigenvalue weighted by Crippen LogP contribution is -2.52. The van der Waals surface area contributed by atoms with Crippen LogP contribution >= 0.6 is 0 Å². The highest BCUT2D eigenvalue weighted by molar-refractivity contribution is 5.77. The summed E-state index contributed by atoms with van der Waals surface area (Å²) >= 11 is 0. The van der Waals surface area contributed by atoms with E-state index in [0.29, 0.717) is 12.0 Å². The summed E-state index contributed by atoms with van der Waals surface area (Å²) in [6, 6.07) is 0.513. The molecule has 1 atom stereocenters. The maximum atomic E-state index is 5.61. The number of nitrogens with one attached hydrogen (secondary N) is 1. The van der Waals surface area contributed by atoms with Crippen LogP contribution in [-0.4, -0.2) is 68.1 Å². The van der Waals surface area contributed by atoms with E-state index in [2.05, 4.69) is 34.0 Å². The molecule has 5 nitrogen and oxygen atoms in total. The molecule has 1 aliphatic rings. The summed E-state index contributed by atoms with van der Waals surface area (Å²) in [6.07, 6.45) is 0. The van der Waals surface area contributed by atoms with Gasteiger partial charge in [0.05, 0.1) is 0 Å². The number of piperazine rings is 1. The summed E-state index contributed by atoms with van der Waals surface area (Å²) in [5.74, 6) is 0.527. The van der Waals surface area contributed by atoms with Crippen molar-refractivity contribution in [3.8, 4) is 0 Å². The van der Waals surface area contributed by atoms with Gasteiger partial charge in [-0.25, -0.2) is 0 Å². The highest BCUT2D eigenvalue weighted by Crippen LogP contribution is 2.05. The molecule has 5 heteroatoms. The number of nitrogens with zero attached hydrogens (tertiary/aromatic N) is 3. The third kappa shape index (κ3) is 3.98. The van der Waals surface area contributed by atoms with E-state index in [4.69, 9.17) is 5.73 Å². The van der Waals surface area contributed by atoms with Gasteiger partial charge in [0.2, 0.25) is 0 Å². The van der Waals surface area contributed by atoms with Crippen molar-refractivity contribution in [3.63, 3.8) is 0 Å². The van der Waals surface area contributed by atoms with Crippen LogP contribution in [0.25, 0.3) is 0 Å². The first kappa shape index (κ1) is 13.3. The molecule has 1 fully saturated rings. The lowest BCUT2D eigenvalue weighted by atomic mass is 10.2. The Morgan fingerprint density at radius 1 is 1.38 bits per heavy atom. The van der Waals surface area contributed by atoms with Crippen molar-refractivity contribution in [2.45, 2.75) is 19.9 Å². The quantitative estimate of drug-likeness (QED) is 0.504. The Labute approximate surface area is 98.7 Å². The highest BCUT2D eigenvalue weighted by Gasteiger charge is 2.19. The van der Waals surface area contributed by atoms with Gasteiger partial charge in [0.1, 0.15) is 0 Å². The van der Waals surface area contributed by atoms with Gasteiger partial charge in [0, 0.05) is 45.8 Å². The molecular weight excluding hydrogens is 202 g/mol. The van der Waals surface area contributed by atoms with Gasteiger partial charge in [-0.2, -0.15) is 0 Å². The Morgan fingerprint density at radius 2 is 2.00 bits per heavy atom. The van der Waals surface area contributed by atoms with Crippen molar-refractivity contribution in [3.05, 3.63) is 0 Å². The molecular formula is C11H25N5. The second-order valence-electron chi connectivity index (χ2n) is 4.31. The minimum absolute atomic E-state index is 0.513. The molecule has 0 bridgehead atoms. The van der Waals surface area contributed by atoms with Gasteiger partial charge in [0.15, 0.2) is 5.96 Å². The monoisotopic (exact) mass is 227 g/mol. The summed E-state index contributed by atoms with van der Waals surface area (Å²) in [4.78, 5) is 8.87. The SMILES string of the molecule is CCN1CCN(C(C)CNC(N)=NC)CC1. The summed E-state index contributed by atoms with van der Waals surface area (Å²) in [5.41, 5.74) is 5.61. The van der Waals surface area contributed by atoms with E-state index < -0.39 is 0 Å². The Morgan fingerprint density at radius 3 is 2.50 bits per heavy atom. The fraction of sp³-hybridized carbons (Fsp3) is 0.909. The van der Waals surface area contributed by atoms with E-state index >= 15 is 0 Å². The van der Waals surface area contributed by atoms with E-state index in [1.54, 1.807) is 7.05 Å². The Kier molecular flexibility index (Phi) is 5.55. The summed E-state index contributed by atoms with van der Waals surface area (Å²) in [5, 5.41) is 3.13. The highest BCUT2D eigenvalue weighted by atomic mass is 15.3. The average Bonchev–Trinajstić information content (AvgIpc) is 2.35. The molecule has 1 rings (SSSR count). The Bertz CT molecular complexity index is 220. The van der Waals surface area contributed by atoms with Gasteiger partial charge in [-0.05, 0) is 13.5 Å². The topological polar surface area (TPSA) is 56.9 Å². The van der Waals surface area contributed by atoms with Crippen LogP contribution in [0.1, 0.15) is 13.8 Å². The van der Waals surface area contributed by atoms with Gasteiger partial charge in [-0.15, -0.1) is 0 Å². The van der Waals surface area contributed by atoms with Crippen LogP contribution in [0.3, 0.4) is 0 Å². The third-order valence-electron chi connectivity index (χ3n) is 3.30. The lowest BCUT2D eigenvalue weighted by Gasteiger charge is -2.37. The zero-order chi connectivity index (χ0) is 12.0. The summed E-state index contributed by atoms with van der Waals surface area (Å²) < 4.78 is 0. The van der Waals surface area contributed by atoms with Gasteiger partial charge in [0.25, 0.3) is 0 Å². The first-order valence-electron chi connectivity index (χ1n) is 6.10. The average molecular weight is 227 g/mol. The molecule has 0 aliphatic carbocycles. The minimum Gasteiger partial charge on any atom is -0.370 e. The number of guanidine groups is 1. The molecule has 0 amide bonds. The van der Waals surface area contributed by atoms with Crippen LogP contribution in [-0.2, 0) is 0 Å². The molecule has 1 aliphatic heterocycles. The molecule has 0 spiro atoms. The van der Waals surface area contributed by atoms with Crippen LogP contribution in [0.4, 0.5) is 0 Å². The van der Waals surface area contributed by atoms with Crippen molar-refractivity contribution < 1.29 is 0 Å². The summed E-state index contributed by atoms with van der Waals surface area (Å²) in [6.45, 7) is 11.2. The molecule has 0 radical (unpaired) electrons. The zero-order valence-electron chi connectivity index (χ0n) is 10.7. The minimum atomic E-state index is 0.513. The molecule has 3 N–H and O–H groups in total. The maximum absolute atomic E-state index is 5.61. The molecule has 94 valence electrons. The maximum Gasteiger partial charge on any atom is 0.188 e. The smallest absolute Gasteiger partial charge is 0.188 e. The summed E-state index contributed by atoms with van der Waals surface area (Å²) in [7, 11) is 1.70. The van der Waals surface area contributed by atoms with Crippen LogP contribution in [0.15, 0.2) is 4.99 Å². The predicted octanol–water partition coefficient (Wildman–Crippen LogP) is -0.453. The van der Waals surface area contributed by atoms with Crippen LogP contribution < -0.4 is 11.1 Å². The molecule has 0 aromatic heterocycles. The molecule has 0 aromatic rings. The predicted molar refractivity (Wildman–Crippen MR) is 68.7 cm³/mol. The van der Waals surface area contributed by atoms with Gasteiger partial charge in [-0.1, -0.05) is 6.92 Å². The van der Waals surface area contributed by atoms with Crippen LogP contribution in [0, 0.1) is 0 Å². The number of likely N-dealkylation sites (N-methyl/N-ethyl adjacent to an activating group) is 1. The van der Waals surface area contributed by atoms with E-state index in [9.17, 15) is 0 Å². The van der Waals surface area contributed by atoms with Gasteiger partial charge < -0.3 is 16.0 Å². The largest absolute Gasteiger partial charge is 0.370 e. The molecule has 16 heavy (non-hydrogen) atoms. The number of hydrogen-bond donors (Lipinski definition) is 2. The van der Waals surface area contributed by atoms with E-state index in [0.717, 1.165) is 26.2 Å². The van der Waals surface area contributed by atoms with Crippen LogP contribution in [0.5, 0.6) is 0 Å². The fourth-order valence-corrected chi connectivity index (χ4v) is 1.98. The van der Waals surface area contributed by atoms with Gasteiger partial charge >= 0.3 is 0 Å². The number of nitrogens with two attached hydrogens (primary N) is 1. The molecule has 0 saturated carbocycles. The van der Waals surface area contributed by atoms with E-state index in [-0.39, 0.29) is 0 Å². The van der Waals surface area contributed by atoms with Crippen molar-refractivity contribution in [1.29, 1.82) is 0 Å². The molecule has 1 unspecified atom stereocenters. The second kappa shape index (κ2) is 6.70. The number of aliphatic imine (C=N–C) groups is 1. The van der Waals surface area contributed by atoms with Crippen molar-refractivity contribution in [1.82, 2.24) is 15.1 Å². The first-order chi connectivity index (χ1) is 7.67. The van der Waals surface area contributed by atoms with Crippen molar-refractivity contribution >= 4 is 5.96 Å². The Hall–Kier alpha value is -0.810. The van der Waals surface area contributed by atoms with E-state index in [1.165, 1.54) is 13.1 Å². The second-order valence-corrected chi connectivity index (χ2v) is 4.31. The molecule has 0 aromatic carbocycles. The molecule has 1 heterocycles. The van der Waals surface area contributed by atoms with Crippen molar-refractivity contribution in [2.75, 3.05) is 46.3 Å². The fourth-order valence-electron chi connectivity index (χ4n) is 1.98. The third-order valence-corrected chi connectivity index (χ3v) is 3.30. The Balaban J connectivity index is 2.25. The number of rotatable bonds is 4. The number of hydrogen-bond acceptors (Lipinski definition) is 3. The van der Waals surface area contributed by atoms with Gasteiger partial charge in [-0.3, -0.25) is 9.89 Å². The standard InChI is InChI=1S/C11H25N5/c1-4-15-5-7-16(8-6-15)10(2)9-14-11(12)13-3/h10H,4-9H2,1-3H3,(H3,12,13,14). The van der Waals surface area contributed by atoms with E-state index in [1.807, 2.05) is 0 Å².